The van der Waals surface area contributed by atoms with Crippen LogP contribution in [0.2, 0.25) is 5.02 Å². The average molecular weight is 302 g/mol. The van der Waals surface area contributed by atoms with Crippen molar-refractivity contribution in [2.24, 2.45) is 0 Å². The van der Waals surface area contributed by atoms with Crippen LogP contribution in [0, 0.1) is 0 Å². The highest BCUT2D eigenvalue weighted by Gasteiger charge is 2.34. The van der Waals surface area contributed by atoms with E-state index >= 15 is 0 Å². The Hall–Kier alpha value is -0.490. The van der Waals surface area contributed by atoms with E-state index in [0.29, 0.717) is 25.3 Å². The standard InChI is InChI=1S/C11H11ClF3NO.ClH/c12-10-7(9-6-17-5-4-16-9)2-1-3-8(10)11(13,14)15;/h1-3,9,16H,4-6H2;1H/t9-;/m1./s1. The molecule has 0 radical (unpaired) electrons. The van der Waals surface area contributed by atoms with Gasteiger partial charge in [-0.05, 0) is 11.6 Å². The summed E-state index contributed by atoms with van der Waals surface area (Å²) in [4.78, 5) is 0. The van der Waals surface area contributed by atoms with Gasteiger partial charge in [0.15, 0.2) is 0 Å². The highest BCUT2D eigenvalue weighted by Crippen LogP contribution is 2.38. The van der Waals surface area contributed by atoms with Gasteiger partial charge in [0.2, 0.25) is 0 Å². The van der Waals surface area contributed by atoms with E-state index in [9.17, 15) is 13.2 Å². The maximum Gasteiger partial charge on any atom is 0.417 e. The van der Waals surface area contributed by atoms with Gasteiger partial charge in [0, 0.05) is 6.54 Å². The lowest BCUT2D eigenvalue weighted by Gasteiger charge is -2.25. The topological polar surface area (TPSA) is 21.3 Å². The number of rotatable bonds is 1. The van der Waals surface area contributed by atoms with Crippen molar-refractivity contribution in [3.05, 3.63) is 34.3 Å². The molecule has 1 aromatic rings. The predicted molar refractivity (Wildman–Crippen MR) is 65.3 cm³/mol. The van der Waals surface area contributed by atoms with Crippen molar-refractivity contribution in [2.45, 2.75) is 12.2 Å². The van der Waals surface area contributed by atoms with Gasteiger partial charge in [0.05, 0.1) is 29.8 Å². The van der Waals surface area contributed by atoms with Crippen LogP contribution >= 0.6 is 24.0 Å². The minimum absolute atomic E-state index is 0. The third-order valence-corrected chi connectivity index (χ3v) is 3.05. The predicted octanol–water partition coefficient (Wildman–Crippen LogP) is 3.44. The summed E-state index contributed by atoms with van der Waals surface area (Å²) in [5.74, 6) is 0. The molecule has 1 saturated heterocycles. The van der Waals surface area contributed by atoms with Crippen molar-refractivity contribution >= 4 is 24.0 Å². The molecule has 1 heterocycles. The summed E-state index contributed by atoms with van der Waals surface area (Å²) in [6, 6.07) is 3.65. The van der Waals surface area contributed by atoms with Crippen LogP contribution in [0.4, 0.5) is 13.2 Å². The number of hydrogen-bond acceptors (Lipinski definition) is 2. The Morgan fingerprint density at radius 1 is 1.33 bits per heavy atom. The van der Waals surface area contributed by atoms with Gasteiger partial charge < -0.3 is 10.1 Å². The molecule has 0 amide bonds. The Labute approximate surface area is 114 Å². The van der Waals surface area contributed by atoms with Crippen molar-refractivity contribution < 1.29 is 17.9 Å². The highest BCUT2D eigenvalue weighted by atomic mass is 35.5. The van der Waals surface area contributed by atoms with E-state index in [4.69, 9.17) is 16.3 Å². The van der Waals surface area contributed by atoms with Crippen LogP contribution in [0.5, 0.6) is 0 Å². The summed E-state index contributed by atoms with van der Waals surface area (Å²) in [5.41, 5.74) is -0.370. The molecule has 1 aromatic carbocycles. The highest BCUT2D eigenvalue weighted by molar-refractivity contribution is 6.32. The Bertz CT molecular complexity index is 406. The maximum atomic E-state index is 12.7. The molecule has 102 valence electrons. The van der Waals surface area contributed by atoms with E-state index in [1.54, 1.807) is 6.07 Å². The first-order valence-corrected chi connectivity index (χ1v) is 5.54. The van der Waals surface area contributed by atoms with E-state index in [1.807, 2.05) is 0 Å². The lowest BCUT2D eigenvalue weighted by molar-refractivity contribution is -0.137. The van der Waals surface area contributed by atoms with Gasteiger partial charge in [-0.25, -0.2) is 0 Å². The second kappa shape index (κ2) is 6.10. The Kier molecular flexibility index (Phi) is 5.28. The molecule has 1 aliphatic rings. The maximum absolute atomic E-state index is 12.7. The smallest absolute Gasteiger partial charge is 0.378 e. The molecule has 0 aromatic heterocycles. The van der Waals surface area contributed by atoms with Crippen LogP contribution in [-0.2, 0) is 10.9 Å². The number of morpholine rings is 1. The molecule has 2 nitrogen and oxygen atoms in total. The fourth-order valence-electron chi connectivity index (χ4n) is 1.80. The SMILES string of the molecule is Cl.FC(F)(F)c1cccc([C@H]2COCCN2)c1Cl. The van der Waals surface area contributed by atoms with Crippen molar-refractivity contribution in [1.82, 2.24) is 5.32 Å². The molecule has 1 aliphatic heterocycles. The van der Waals surface area contributed by atoms with Gasteiger partial charge in [-0.1, -0.05) is 23.7 Å². The molecule has 18 heavy (non-hydrogen) atoms. The van der Waals surface area contributed by atoms with E-state index in [-0.39, 0.29) is 23.5 Å². The van der Waals surface area contributed by atoms with E-state index in [2.05, 4.69) is 5.32 Å². The molecule has 7 heteroatoms. The number of hydrogen-bond donors (Lipinski definition) is 1. The summed E-state index contributed by atoms with van der Waals surface area (Å²) in [7, 11) is 0. The fraction of sp³-hybridized carbons (Fsp3) is 0.455. The zero-order valence-corrected chi connectivity index (χ0v) is 10.8. The third kappa shape index (κ3) is 3.29. The van der Waals surface area contributed by atoms with Gasteiger partial charge >= 0.3 is 6.18 Å². The van der Waals surface area contributed by atoms with Crippen molar-refractivity contribution in [2.75, 3.05) is 19.8 Å². The first kappa shape index (κ1) is 15.6. The van der Waals surface area contributed by atoms with Gasteiger partial charge in [0.1, 0.15) is 0 Å². The summed E-state index contributed by atoms with van der Waals surface area (Å²) in [6.07, 6.45) is -4.43. The van der Waals surface area contributed by atoms with Crippen LogP contribution in [-0.4, -0.2) is 19.8 Å². The monoisotopic (exact) mass is 301 g/mol. The first-order valence-electron chi connectivity index (χ1n) is 5.17. The molecule has 2 rings (SSSR count). The summed E-state index contributed by atoms with van der Waals surface area (Å²) < 4.78 is 43.2. The number of alkyl halides is 3. The van der Waals surface area contributed by atoms with Gasteiger partial charge in [-0.2, -0.15) is 13.2 Å². The van der Waals surface area contributed by atoms with Crippen molar-refractivity contribution in [3.63, 3.8) is 0 Å². The van der Waals surface area contributed by atoms with Crippen LogP contribution in [0.3, 0.4) is 0 Å². The molecule has 0 aliphatic carbocycles. The minimum Gasteiger partial charge on any atom is -0.378 e. The van der Waals surface area contributed by atoms with Crippen LogP contribution in [0.1, 0.15) is 17.2 Å². The Morgan fingerprint density at radius 3 is 2.61 bits per heavy atom. The molecule has 0 bridgehead atoms. The summed E-state index contributed by atoms with van der Waals surface area (Å²) >= 11 is 5.81. The second-order valence-electron chi connectivity index (χ2n) is 3.79. The molecule has 1 atom stereocenters. The Morgan fingerprint density at radius 2 is 2.06 bits per heavy atom. The number of benzene rings is 1. The van der Waals surface area contributed by atoms with Gasteiger partial charge in [0.25, 0.3) is 0 Å². The van der Waals surface area contributed by atoms with Crippen molar-refractivity contribution in [3.8, 4) is 0 Å². The zero-order chi connectivity index (χ0) is 12.5. The molecular formula is C11H12Cl2F3NO. The van der Waals surface area contributed by atoms with E-state index < -0.39 is 11.7 Å². The molecule has 0 unspecified atom stereocenters. The Balaban J connectivity index is 0.00000162. The van der Waals surface area contributed by atoms with Crippen molar-refractivity contribution in [1.29, 1.82) is 0 Å². The van der Waals surface area contributed by atoms with Crippen LogP contribution in [0.15, 0.2) is 18.2 Å². The second-order valence-corrected chi connectivity index (χ2v) is 4.17. The van der Waals surface area contributed by atoms with Gasteiger partial charge in [-0.15, -0.1) is 12.4 Å². The summed E-state index contributed by atoms with van der Waals surface area (Å²) in [5, 5.41) is 2.83. The number of halogens is 5. The molecule has 1 fully saturated rings. The third-order valence-electron chi connectivity index (χ3n) is 2.63. The normalized spacial score (nSPS) is 20.3. The van der Waals surface area contributed by atoms with Gasteiger partial charge in [-0.3, -0.25) is 0 Å². The largest absolute Gasteiger partial charge is 0.417 e. The first-order chi connectivity index (χ1) is 8.00. The molecule has 0 spiro atoms. The summed E-state index contributed by atoms with van der Waals surface area (Å²) in [6.45, 7) is 1.51. The lowest BCUT2D eigenvalue weighted by atomic mass is 10.0. The average Bonchev–Trinajstić information content (AvgIpc) is 2.29. The van der Waals surface area contributed by atoms with Crippen LogP contribution in [0.25, 0.3) is 0 Å². The minimum atomic E-state index is -4.43. The lowest BCUT2D eigenvalue weighted by Crippen LogP contribution is -2.34. The fourth-order valence-corrected chi connectivity index (χ4v) is 2.17. The van der Waals surface area contributed by atoms with Crippen LogP contribution < -0.4 is 5.32 Å². The molecule has 1 N–H and O–H groups in total. The zero-order valence-electron chi connectivity index (χ0n) is 9.26. The quantitative estimate of drug-likeness (QED) is 0.858. The molecule has 0 saturated carbocycles. The van der Waals surface area contributed by atoms with E-state index in [1.165, 1.54) is 6.07 Å². The number of nitrogens with one attached hydrogen (secondary N) is 1. The van der Waals surface area contributed by atoms with E-state index in [0.717, 1.165) is 6.07 Å². The number of ether oxygens (including phenoxy) is 1. The molecular weight excluding hydrogens is 290 g/mol.